The third-order valence-corrected chi connectivity index (χ3v) is 3.41. The predicted octanol–water partition coefficient (Wildman–Crippen LogP) is 3.48. The fraction of sp³-hybridized carbons (Fsp3) is 0.118. The number of fused-ring (bicyclic) bond motifs is 1. The van der Waals surface area contributed by atoms with Gasteiger partial charge in [-0.15, -0.1) is 0 Å². The standard InChI is InChI=1S/C17H16N/c1-14-17-10-6-5-9-16(17)11-12-18(14)13-15-7-3-2-4-8-15/h2-12H,13H2,1H3/q+1. The second-order valence-corrected chi connectivity index (χ2v) is 4.60. The van der Waals surface area contributed by atoms with Gasteiger partial charge in [0.2, 0.25) is 0 Å². The van der Waals surface area contributed by atoms with E-state index < -0.39 is 0 Å². The molecule has 0 saturated heterocycles. The summed E-state index contributed by atoms with van der Waals surface area (Å²) in [5, 5.41) is 2.63. The monoisotopic (exact) mass is 234 g/mol. The third-order valence-electron chi connectivity index (χ3n) is 3.41. The van der Waals surface area contributed by atoms with Crippen molar-refractivity contribution >= 4 is 10.8 Å². The van der Waals surface area contributed by atoms with Gasteiger partial charge in [0.1, 0.15) is 0 Å². The Morgan fingerprint density at radius 1 is 0.833 bits per heavy atom. The van der Waals surface area contributed by atoms with Crippen LogP contribution in [0.4, 0.5) is 0 Å². The first kappa shape index (κ1) is 11.0. The molecule has 0 atom stereocenters. The van der Waals surface area contributed by atoms with Gasteiger partial charge in [-0.25, -0.2) is 0 Å². The maximum Gasteiger partial charge on any atom is 0.186 e. The maximum atomic E-state index is 2.30. The molecule has 3 rings (SSSR count). The van der Waals surface area contributed by atoms with Crippen molar-refractivity contribution in [3.8, 4) is 0 Å². The zero-order valence-corrected chi connectivity index (χ0v) is 10.5. The minimum absolute atomic E-state index is 0.928. The lowest BCUT2D eigenvalue weighted by atomic mass is 10.1. The van der Waals surface area contributed by atoms with Crippen LogP contribution < -0.4 is 4.57 Å². The molecule has 0 aliphatic rings. The molecule has 18 heavy (non-hydrogen) atoms. The average Bonchev–Trinajstić information content (AvgIpc) is 2.43. The van der Waals surface area contributed by atoms with Crippen LogP contribution in [0.5, 0.6) is 0 Å². The fourth-order valence-electron chi connectivity index (χ4n) is 2.36. The summed E-state index contributed by atoms with van der Waals surface area (Å²) in [7, 11) is 0. The molecule has 1 heterocycles. The molecular formula is C17H16N+. The molecule has 3 aromatic rings. The topological polar surface area (TPSA) is 3.88 Å². The molecule has 2 aromatic carbocycles. The Morgan fingerprint density at radius 2 is 1.56 bits per heavy atom. The van der Waals surface area contributed by atoms with Gasteiger partial charge in [0, 0.05) is 23.9 Å². The molecule has 0 aliphatic carbocycles. The highest BCUT2D eigenvalue weighted by molar-refractivity contribution is 5.83. The molecule has 0 saturated carbocycles. The van der Waals surface area contributed by atoms with Crippen LogP contribution in [0, 0.1) is 6.92 Å². The summed E-state index contributed by atoms with van der Waals surface area (Å²) in [5.74, 6) is 0. The molecule has 0 fully saturated rings. The van der Waals surface area contributed by atoms with E-state index in [1.54, 1.807) is 0 Å². The van der Waals surface area contributed by atoms with E-state index in [9.17, 15) is 0 Å². The Kier molecular flexibility index (Phi) is 2.81. The minimum Gasteiger partial charge on any atom is -0.198 e. The first-order valence-electron chi connectivity index (χ1n) is 6.26. The molecule has 1 heteroatoms. The van der Waals surface area contributed by atoms with E-state index in [1.165, 1.54) is 22.0 Å². The summed E-state index contributed by atoms with van der Waals surface area (Å²) in [4.78, 5) is 0. The fourth-order valence-corrected chi connectivity index (χ4v) is 2.36. The highest BCUT2D eigenvalue weighted by Crippen LogP contribution is 2.14. The van der Waals surface area contributed by atoms with E-state index in [0.717, 1.165) is 6.54 Å². The van der Waals surface area contributed by atoms with Crippen LogP contribution in [0.15, 0.2) is 66.9 Å². The highest BCUT2D eigenvalue weighted by Gasteiger charge is 2.10. The zero-order valence-electron chi connectivity index (χ0n) is 10.5. The van der Waals surface area contributed by atoms with Crippen molar-refractivity contribution in [3.05, 3.63) is 78.1 Å². The van der Waals surface area contributed by atoms with Crippen molar-refractivity contribution in [1.82, 2.24) is 0 Å². The van der Waals surface area contributed by atoms with Crippen LogP contribution in [0.25, 0.3) is 10.8 Å². The van der Waals surface area contributed by atoms with Crippen molar-refractivity contribution in [2.75, 3.05) is 0 Å². The largest absolute Gasteiger partial charge is 0.198 e. The average molecular weight is 234 g/mol. The van der Waals surface area contributed by atoms with Crippen molar-refractivity contribution in [3.63, 3.8) is 0 Å². The number of hydrogen-bond acceptors (Lipinski definition) is 0. The van der Waals surface area contributed by atoms with E-state index in [0.29, 0.717) is 0 Å². The molecule has 0 radical (unpaired) electrons. The predicted molar refractivity (Wildman–Crippen MR) is 74.4 cm³/mol. The van der Waals surface area contributed by atoms with Gasteiger partial charge >= 0.3 is 0 Å². The van der Waals surface area contributed by atoms with Crippen molar-refractivity contribution < 1.29 is 4.57 Å². The molecule has 0 unspecified atom stereocenters. The molecule has 1 nitrogen and oxygen atoms in total. The van der Waals surface area contributed by atoms with E-state index >= 15 is 0 Å². The lowest BCUT2D eigenvalue weighted by Crippen LogP contribution is -2.37. The summed E-state index contributed by atoms with van der Waals surface area (Å²) in [5.41, 5.74) is 2.65. The lowest BCUT2D eigenvalue weighted by molar-refractivity contribution is -0.692. The number of hydrogen-bond donors (Lipinski definition) is 0. The van der Waals surface area contributed by atoms with Gasteiger partial charge in [-0.2, -0.15) is 4.57 Å². The first-order valence-corrected chi connectivity index (χ1v) is 6.26. The number of aromatic nitrogens is 1. The molecular weight excluding hydrogens is 218 g/mol. The Hall–Kier alpha value is -2.15. The van der Waals surface area contributed by atoms with Crippen LogP contribution in [0.1, 0.15) is 11.3 Å². The van der Waals surface area contributed by atoms with Crippen LogP contribution in [-0.2, 0) is 6.54 Å². The molecule has 0 N–H and O–H groups in total. The number of aryl methyl sites for hydroxylation is 1. The molecule has 1 aromatic heterocycles. The molecule has 0 aliphatic heterocycles. The van der Waals surface area contributed by atoms with Crippen LogP contribution in [0.3, 0.4) is 0 Å². The van der Waals surface area contributed by atoms with Gasteiger partial charge in [-0.1, -0.05) is 48.5 Å². The van der Waals surface area contributed by atoms with E-state index in [-0.39, 0.29) is 0 Å². The van der Waals surface area contributed by atoms with Gasteiger partial charge in [-0.05, 0) is 11.5 Å². The van der Waals surface area contributed by atoms with E-state index in [4.69, 9.17) is 0 Å². The quantitative estimate of drug-likeness (QED) is 0.598. The Morgan fingerprint density at radius 3 is 2.39 bits per heavy atom. The number of rotatable bonds is 2. The Labute approximate surface area is 107 Å². The van der Waals surface area contributed by atoms with Gasteiger partial charge in [0.05, 0.1) is 0 Å². The van der Waals surface area contributed by atoms with Gasteiger partial charge in [0.15, 0.2) is 18.4 Å². The Bertz CT molecular complexity index is 672. The van der Waals surface area contributed by atoms with Gasteiger partial charge in [0.25, 0.3) is 0 Å². The van der Waals surface area contributed by atoms with Crippen LogP contribution in [0.2, 0.25) is 0 Å². The third kappa shape index (κ3) is 2.00. The van der Waals surface area contributed by atoms with E-state index in [2.05, 4.69) is 78.4 Å². The molecule has 88 valence electrons. The summed E-state index contributed by atoms with van der Waals surface area (Å²) < 4.78 is 2.30. The minimum atomic E-state index is 0.928. The summed E-state index contributed by atoms with van der Waals surface area (Å²) in [6.45, 7) is 3.11. The second kappa shape index (κ2) is 4.61. The zero-order chi connectivity index (χ0) is 12.4. The molecule has 0 amide bonds. The SMILES string of the molecule is Cc1c2ccccc2cc[n+]1Cc1ccccc1. The normalized spacial score (nSPS) is 10.7. The number of nitrogens with zero attached hydrogens (tertiary/aromatic N) is 1. The van der Waals surface area contributed by atoms with Crippen LogP contribution >= 0.6 is 0 Å². The molecule has 0 spiro atoms. The summed E-state index contributed by atoms with van der Waals surface area (Å²) >= 11 is 0. The van der Waals surface area contributed by atoms with Gasteiger partial charge < -0.3 is 0 Å². The summed E-state index contributed by atoms with van der Waals surface area (Å²) in [6, 6.07) is 21.3. The van der Waals surface area contributed by atoms with E-state index in [1.807, 2.05) is 0 Å². The highest BCUT2D eigenvalue weighted by atomic mass is 14.9. The van der Waals surface area contributed by atoms with Gasteiger partial charge in [-0.3, -0.25) is 0 Å². The van der Waals surface area contributed by atoms with Crippen molar-refractivity contribution in [2.45, 2.75) is 13.5 Å². The van der Waals surface area contributed by atoms with Crippen molar-refractivity contribution in [1.29, 1.82) is 0 Å². The van der Waals surface area contributed by atoms with Crippen LogP contribution in [-0.4, -0.2) is 0 Å². The number of benzene rings is 2. The smallest absolute Gasteiger partial charge is 0.186 e. The maximum absolute atomic E-state index is 2.30. The summed E-state index contributed by atoms with van der Waals surface area (Å²) in [6.07, 6.45) is 2.17. The first-order chi connectivity index (χ1) is 8.84. The van der Waals surface area contributed by atoms with Crippen molar-refractivity contribution in [2.24, 2.45) is 0 Å². The lowest BCUT2D eigenvalue weighted by Gasteiger charge is -2.04. The second-order valence-electron chi connectivity index (χ2n) is 4.60. The number of pyridine rings is 1. The Balaban J connectivity index is 2.05. The molecule has 0 bridgehead atoms.